The van der Waals surface area contributed by atoms with Gasteiger partial charge >= 0.3 is 11.9 Å². The predicted octanol–water partition coefficient (Wildman–Crippen LogP) is 4.91. The van der Waals surface area contributed by atoms with Crippen LogP contribution in [0.4, 0.5) is 11.4 Å². The van der Waals surface area contributed by atoms with Crippen LogP contribution in [-0.4, -0.2) is 27.3 Å². The second-order valence-corrected chi connectivity index (χ2v) is 6.79. The molecule has 0 bridgehead atoms. The summed E-state index contributed by atoms with van der Waals surface area (Å²) in [5, 5.41) is 33.4. The second kappa shape index (κ2) is 8.08. The minimum absolute atomic E-state index is 0.0271. The van der Waals surface area contributed by atoms with Crippen LogP contribution < -0.4 is 10.1 Å². The van der Waals surface area contributed by atoms with E-state index in [9.17, 15) is 19.8 Å². The molecule has 0 radical (unpaired) electrons. The van der Waals surface area contributed by atoms with Gasteiger partial charge in [-0.25, -0.2) is 9.59 Å². The number of ether oxygens (including phenoxy) is 1. The number of rotatable bonds is 5. The number of para-hydroxylation sites is 2. The zero-order chi connectivity index (χ0) is 22.0. The Bertz CT molecular complexity index is 1300. The van der Waals surface area contributed by atoms with Crippen molar-refractivity contribution in [1.82, 2.24) is 0 Å². The summed E-state index contributed by atoms with van der Waals surface area (Å²) in [5.41, 5.74) is 1.30. The fourth-order valence-corrected chi connectivity index (χ4v) is 3.13. The van der Waals surface area contributed by atoms with Gasteiger partial charge in [0.2, 0.25) is 0 Å². The van der Waals surface area contributed by atoms with Gasteiger partial charge in [0.15, 0.2) is 0 Å². The lowest BCUT2D eigenvalue weighted by atomic mass is 10.0. The summed E-state index contributed by atoms with van der Waals surface area (Å²) in [4.78, 5) is 23.6. The van der Waals surface area contributed by atoms with Crippen molar-refractivity contribution < 1.29 is 29.6 Å². The zero-order valence-electron chi connectivity index (χ0n) is 16.1. The molecule has 154 valence electrons. The van der Waals surface area contributed by atoms with Gasteiger partial charge in [-0.05, 0) is 60.0 Å². The molecular weight excluding hydrogens is 398 g/mol. The fourth-order valence-electron chi connectivity index (χ4n) is 3.13. The Balaban J connectivity index is 1.66. The highest BCUT2D eigenvalue weighted by molar-refractivity contribution is 6.02. The Morgan fingerprint density at radius 3 is 2.19 bits per heavy atom. The standard InChI is InChI=1S/C24H17NO6/c26-17-11-15-5-6-16(24(30)31-18-9-7-14(8-10-18)23(28)29)12-19(15)21(13-17)25-20-3-1-2-4-22(20)27/h1-13,25-27H,(H,28,29). The minimum atomic E-state index is -1.07. The van der Waals surface area contributed by atoms with E-state index in [-0.39, 0.29) is 28.4 Å². The lowest BCUT2D eigenvalue weighted by Crippen LogP contribution is -2.08. The summed E-state index contributed by atoms with van der Waals surface area (Å²) in [6.45, 7) is 0. The van der Waals surface area contributed by atoms with Crippen molar-refractivity contribution in [2.24, 2.45) is 0 Å². The molecule has 0 spiro atoms. The number of hydrogen-bond donors (Lipinski definition) is 4. The number of nitrogens with one attached hydrogen (secondary N) is 1. The van der Waals surface area contributed by atoms with E-state index in [1.54, 1.807) is 42.5 Å². The lowest BCUT2D eigenvalue weighted by Gasteiger charge is -2.13. The number of benzene rings is 4. The van der Waals surface area contributed by atoms with Gasteiger partial charge in [-0.3, -0.25) is 0 Å². The number of aromatic hydroxyl groups is 2. The van der Waals surface area contributed by atoms with E-state index < -0.39 is 11.9 Å². The molecule has 0 saturated heterocycles. The molecule has 4 aromatic carbocycles. The topological polar surface area (TPSA) is 116 Å². The number of fused-ring (bicyclic) bond motifs is 1. The van der Waals surface area contributed by atoms with Crippen LogP contribution in [0.1, 0.15) is 20.7 Å². The Labute approximate surface area is 176 Å². The Morgan fingerprint density at radius 1 is 0.774 bits per heavy atom. The number of aromatic carboxylic acids is 1. The van der Waals surface area contributed by atoms with Crippen molar-refractivity contribution in [3.8, 4) is 17.2 Å². The van der Waals surface area contributed by atoms with Crippen LogP contribution in [0.3, 0.4) is 0 Å². The number of phenolic OH excluding ortho intramolecular Hbond substituents is 2. The molecule has 0 heterocycles. The molecule has 0 aliphatic heterocycles. The molecule has 0 aromatic heterocycles. The van der Waals surface area contributed by atoms with Crippen LogP contribution in [0.15, 0.2) is 78.9 Å². The van der Waals surface area contributed by atoms with Gasteiger partial charge in [-0.15, -0.1) is 0 Å². The normalized spacial score (nSPS) is 10.6. The minimum Gasteiger partial charge on any atom is -0.508 e. The van der Waals surface area contributed by atoms with Gasteiger partial charge in [0.05, 0.1) is 22.5 Å². The third-order valence-corrected chi connectivity index (χ3v) is 4.66. The van der Waals surface area contributed by atoms with E-state index in [0.29, 0.717) is 22.1 Å². The van der Waals surface area contributed by atoms with Crippen molar-refractivity contribution in [2.75, 3.05) is 5.32 Å². The van der Waals surface area contributed by atoms with Crippen molar-refractivity contribution in [1.29, 1.82) is 0 Å². The Kier molecular flexibility index (Phi) is 5.15. The predicted molar refractivity (Wildman–Crippen MR) is 115 cm³/mol. The maximum Gasteiger partial charge on any atom is 0.343 e. The summed E-state index contributed by atoms with van der Waals surface area (Å²) >= 11 is 0. The fraction of sp³-hybridized carbons (Fsp3) is 0. The molecule has 0 atom stereocenters. The molecule has 0 aliphatic carbocycles. The van der Waals surface area contributed by atoms with Gasteiger partial charge in [-0.1, -0.05) is 18.2 Å². The largest absolute Gasteiger partial charge is 0.508 e. The number of esters is 1. The number of carbonyl (C=O) groups excluding carboxylic acids is 1. The van der Waals surface area contributed by atoms with Gasteiger partial charge in [0.25, 0.3) is 0 Å². The highest BCUT2D eigenvalue weighted by Gasteiger charge is 2.13. The van der Waals surface area contributed by atoms with E-state index >= 15 is 0 Å². The number of carboxylic acid groups (broad SMARTS) is 1. The smallest absolute Gasteiger partial charge is 0.343 e. The molecule has 0 unspecified atom stereocenters. The lowest BCUT2D eigenvalue weighted by molar-refractivity contribution is 0.0696. The maximum absolute atomic E-state index is 12.6. The number of hydrogen-bond acceptors (Lipinski definition) is 6. The molecule has 4 N–H and O–H groups in total. The molecule has 31 heavy (non-hydrogen) atoms. The van der Waals surface area contributed by atoms with Crippen molar-refractivity contribution in [2.45, 2.75) is 0 Å². The van der Waals surface area contributed by atoms with E-state index in [1.165, 1.54) is 36.4 Å². The molecule has 0 amide bonds. The quantitative estimate of drug-likeness (QED) is 0.208. The van der Waals surface area contributed by atoms with Crippen LogP contribution in [0.5, 0.6) is 17.2 Å². The third-order valence-electron chi connectivity index (χ3n) is 4.66. The first kappa shape index (κ1) is 19.8. The van der Waals surface area contributed by atoms with Crippen LogP contribution in [-0.2, 0) is 0 Å². The van der Waals surface area contributed by atoms with Crippen LogP contribution in [0.25, 0.3) is 10.8 Å². The summed E-state index contributed by atoms with van der Waals surface area (Å²) in [7, 11) is 0. The summed E-state index contributed by atoms with van der Waals surface area (Å²) in [6.07, 6.45) is 0. The van der Waals surface area contributed by atoms with Crippen LogP contribution >= 0.6 is 0 Å². The first-order valence-corrected chi connectivity index (χ1v) is 9.28. The SMILES string of the molecule is O=C(O)c1ccc(OC(=O)c2ccc3cc(O)cc(Nc4ccccc4O)c3c2)cc1. The van der Waals surface area contributed by atoms with E-state index in [4.69, 9.17) is 9.84 Å². The highest BCUT2D eigenvalue weighted by atomic mass is 16.5. The van der Waals surface area contributed by atoms with E-state index in [2.05, 4.69) is 5.32 Å². The summed E-state index contributed by atoms with van der Waals surface area (Å²) in [6, 6.07) is 20.1. The molecule has 4 rings (SSSR count). The molecule has 0 fully saturated rings. The average Bonchev–Trinajstić information content (AvgIpc) is 2.75. The van der Waals surface area contributed by atoms with Gasteiger partial charge in [0, 0.05) is 11.5 Å². The number of carboxylic acids is 1. The average molecular weight is 415 g/mol. The molecule has 7 heteroatoms. The number of phenols is 2. The Morgan fingerprint density at radius 2 is 1.48 bits per heavy atom. The van der Waals surface area contributed by atoms with Crippen LogP contribution in [0.2, 0.25) is 0 Å². The second-order valence-electron chi connectivity index (χ2n) is 6.79. The van der Waals surface area contributed by atoms with E-state index in [1.807, 2.05) is 0 Å². The zero-order valence-corrected chi connectivity index (χ0v) is 16.1. The van der Waals surface area contributed by atoms with Gasteiger partial charge in [-0.2, -0.15) is 0 Å². The Hall–Kier alpha value is -4.52. The summed E-state index contributed by atoms with van der Waals surface area (Å²) in [5.74, 6) is -1.40. The van der Waals surface area contributed by atoms with E-state index in [0.717, 1.165) is 0 Å². The van der Waals surface area contributed by atoms with Crippen molar-refractivity contribution in [3.05, 3.63) is 90.0 Å². The highest BCUT2D eigenvalue weighted by Crippen LogP contribution is 2.34. The maximum atomic E-state index is 12.6. The van der Waals surface area contributed by atoms with Gasteiger partial charge < -0.3 is 25.4 Å². The first-order chi connectivity index (χ1) is 14.9. The first-order valence-electron chi connectivity index (χ1n) is 9.28. The van der Waals surface area contributed by atoms with Crippen LogP contribution in [0, 0.1) is 0 Å². The molecule has 0 aliphatic rings. The van der Waals surface area contributed by atoms with Crippen molar-refractivity contribution in [3.63, 3.8) is 0 Å². The van der Waals surface area contributed by atoms with Gasteiger partial charge in [0.1, 0.15) is 17.2 Å². The molecule has 4 aromatic rings. The molecule has 7 nitrogen and oxygen atoms in total. The number of anilines is 2. The molecule has 0 saturated carbocycles. The third kappa shape index (κ3) is 4.25. The summed E-state index contributed by atoms with van der Waals surface area (Å²) < 4.78 is 5.34. The number of carbonyl (C=O) groups is 2. The monoisotopic (exact) mass is 415 g/mol. The van der Waals surface area contributed by atoms with Crippen molar-refractivity contribution >= 4 is 34.1 Å². The molecular formula is C24H17NO6.